The number of aliphatic hydroxyl groups excluding tert-OH is 3. The van der Waals surface area contributed by atoms with E-state index in [0.717, 1.165) is 0 Å². The molecule has 0 aromatic carbocycles. The van der Waals surface area contributed by atoms with Gasteiger partial charge in [0.15, 0.2) is 5.82 Å². The van der Waals surface area contributed by atoms with Crippen LogP contribution in [-0.2, 0) is 4.74 Å². The van der Waals surface area contributed by atoms with Gasteiger partial charge in [-0.3, -0.25) is 0 Å². The standard InChI is InChI=1S/C11H13BrN4O4/c12-6-5-3(1-14-16-11(5)13)15-7(6)10-9(19)8(18)4(2-17)20-10/h1,4,8-10,15,17-19H,2H2,(H2,13,16). The van der Waals surface area contributed by atoms with Gasteiger partial charge in [-0.15, -0.1) is 5.10 Å². The second-order valence-electron chi connectivity index (χ2n) is 4.63. The first kappa shape index (κ1) is 13.7. The highest BCUT2D eigenvalue weighted by Crippen LogP contribution is 2.40. The minimum absolute atomic E-state index is 0.239. The predicted molar refractivity (Wildman–Crippen MR) is 72.7 cm³/mol. The molecule has 1 fully saturated rings. The molecule has 0 bridgehead atoms. The Morgan fingerprint density at radius 1 is 1.40 bits per heavy atom. The molecule has 4 unspecified atom stereocenters. The van der Waals surface area contributed by atoms with Crippen molar-refractivity contribution in [3.63, 3.8) is 0 Å². The Hall–Kier alpha value is -1.26. The first-order chi connectivity index (χ1) is 9.54. The van der Waals surface area contributed by atoms with Crippen molar-refractivity contribution in [3.8, 4) is 0 Å². The Bertz CT molecular complexity index is 649. The van der Waals surface area contributed by atoms with Crippen molar-refractivity contribution in [1.82, 2.24) is 15.2 Å². The molecule has 2 aromatic heterocycles. The maximum absolute atomic E-state index is 10.0. The summed E-state index contributed by atoms with van der Waals surface area (Å²) in [6, 6.07) is 0. The van der Waals surface area contributed by atoms with Crippen LogP contribution in [-0.4, -0.2) is 55.4 Å². The summed E-state index contributed by atoms with van der Waals surface area (Å²) in [5.74, 6) is 0.239. The quantitative estimate of drug-likeness (QED) is 0.493. The van der Waals surface area contributed by atoms with E-state index < -0.39 is 24.4 Å². The largest absolute Gasteiger partial charge is 0.394 e. The van der Waals surface area contributed by atoms with Crippen LogP contribution in [0.5, 0.6) is 0 Å². The zero-order valence-electron chi connectivity index (χ0n) is 10.2. The van der Waals surface area contributed by atoms with Gasteiger partial charge >= 0.3 is 0 Å². The Balaban J connectivity index is 2.07. The first-order valence-corrected chi connectivity index (χ1v) is 6.74. The molecule has 0 saturated carbocycles. The summed E-state index contributed by atoms with van der Waals surface area (Å²) in [6.07, 6.45) is -2.44. The fraction of sp³-hybridized carbons (Fsp3) is 0.455. The van der Waals surface area contributed by atoms with E-state index in [0.29, 0.717) is 21.1 Å². The summed E-state index contributed by atoms with van der Waals surface area (Å²) in [5, 5.41) is 37.1. The number of ether oxygens (including phenoxy) is 1. The van der Waals surface area contributed by atoms with Gasteiger partial charge in [0, 0.05) is 0 Å². The van der Waals surface area contributed by atoms with Gasteiger partial charge in [-0.25, -0.2) is 0 Å². The number of aliphatic hydroxyl groups is 3. The molecule has 2 aromatic rings. The van der Waals surface area contributed by atoms with E-state index in [1.54, 1.807) is 0 Å². The number of nitrogens with one attached hydrogen (secondary N) is 1. The van der Waals surface area contributed by atoms with Gasteiger partial charge in [0.2, 0.25) is 0 Å². The Labute approximate surface area is 121 Å². The van der Waals surface area contributed by atoms with Crippen molar-refractivity contribution in [1.29, 1.82) is 0 Å². The number of nitrogens with zero attached hydrogens (tertiary/aromatic N) is 2. The fourth-order valence-corrected chi connectivity index (χ4v) is 3.14. The van der Waals surface area contributed by atoms with Crippen molar-refractivity contribution in [3.05, 3.63) is 16.4 Å². The molecule has 20 heavy (non-hydrogen) atoms. The lowest BCUT2D eigenvalue weighted by Crippen LogP contribution is -2.32. The van der Waals surface area contributed by atoms with Crippen LogP contribution in [0.3, 0.4) is 0 Å². The summed E-state index contributed by atoms with van der Waals surface area (Å²) >= 11 is 3.39. The van der Waals surface area contributed by atoms with E-state index in [-0.39, 0.29) is 12.4 Å². The van der Waals surface area contributed by atoms with Crippen LogP contribution in [0, 0.1) is 0 Å². The number of fused-ring (bicyclic) bond motifs is 1. The van der Waals surface area contributed by atoms with Gasteiger partial charge in [-0.05, 0) is 15.9 Å². The molecule has 0 amide bonds. The highest BCUT2D eigenvalue weighted by molar-refractivity contribution is 9.10. The molecular formula is C11H13BrN4O4. The molecule has 6 N–H and O–H groups in total. The van der Waals surface area contributed by atoms with E-state index in [2.05, 4.69) is 31.1 Å². The van der Waals surface area contributed by atoms with Crippen LogP contribution in [0.25, 0.3) is 10.9 Å². The monoisotopic (exact) mass is 344 g/mol. The third-order valence-electron chi connectivity index (χ3n) is 3.43. The molecular weight excluding hydrogens is 332 g/mol. The van der Waals surface area contributed by atoms with Gasteiger partial charge in [-0.1, -0.05) is 0 Å². The maximum Gasteiger partial charge on any atom is 0.156 e. The number of rotatable bonds is 2. The zero-order chi connectivity index (χ0) is 14.4. The molecule has 0 aliphatic carbocycles. The number of aromatic amines is 1. The molecule has 4 atom stereocenters. The highest BCUT2D eigenvalue weighted by atomic mass is 79.9. The summed E-state index contributed by atoms with van der Waals surface area (Å²) in [5.41, 5.74) is 6.92. The topological polar surface area (TPSA) is 138 Å². The van der Waals surface area contributed by atoms with E-state index in [4.69, 9.17) is 15.6 Å². The van der Waals surface area contributed by atoms with Crippen LogP contribution in [0.2, 0.25) is 0 Å². The molecule has 3 rings (SSSR count). The molecule has 3 heterocycles. The number of hydrogen-bond donors (Lipinski definition) is 5. The van der Waals surface area contributed by atoms with Crippen LogP contribution >= 0.6 is 15.9 Å². The number of H-pyrrole nitrogens is 1. The highest BCUT2D eigenvalue weighted by Gasteiger charge is 2.44. The fourth-order valence-electron chi connectivity index (χ4n) is 2.40. The van der Waals surface area contributed by atoms with E-state index in [9.17, 15) is 10.2 Å². The van der Waals surface area contributed by atoms with E-state index >= 15 is 0 Å². The predicted octanol–water partition coefficient (Wildman–Crippen LogP) is -0.543. The molecule has 1 saturated heterocycles. The van der Waals surface area contributed by atoms with E-state index in [1.807, 2.05) is 0 Å². The average Bonchev–Trinajstić information content (AvgIpc) is 2.90. The molecule has 8 nitrogen and oxygen atoms in total. The number of halogens is 1. The number of aromatic nitrogens is 3. The van der Waals surface area contributed by atoms with Crippen molar-refractivity contribution in [2.45, 2.75) is 24.4 Å². The lowest BCUT2D eigenvalue weighted by atomic mass is 10.1. The number of nitrogen functional groups attached to an aromatic ring is 1. The molecule has 0 spiro atoms. The third kappa shape index (κ3) is 1.90. The van der Waals surface area contributed by atoms with Crippen LogP contribution in [0.15, 0.2) is 10.7 Å². The van der Waals surface area contributed by atoms with Gasteiger partial charge in [0.1, 0.15) is 24.4 Å². The smallest absolute Gasteiger partial charge is 0.156 e. The molecule has 1 aliphatic rings. The Morgan fingerprint density at radius 3 is 2.75 bits per heavy atom. The minimum atomic E-state index is -1.16. The van der Waals surface area contributed by atoms with Crippen LogP contribution in [0.4, 0.5) is 5.82 Å². The SMILES string of the molecule is Nc1nncc2[nH]c(C3OC(CO)C(O)C3O)c(Br)c12. The second-order valence-corrected chi connectivity index (χ2v) is 5.42. The molecule has 1 aliphatic heterocycles. The van der Waals surface area contributed by atoms with Gasteiger partial charge in [0.25, 0.3) is 0 Å². The van der Waals surface area contributed by atoms with Crippen molar-refractivity contribution in [2.24, 2.45) is 0 Å². The van der Waals surface area contributed by atoms with Crippen LogP contribution < -0.4 is 5.73 Å². The van der Waals surface area contributed by atoms with Crippen molar-refractivity contribution < 1.29 is 20.1 Å². The summed E-state index contributed by atoms with van der Waals surface area (Å²) in [6.45, 7) is -0.377. The molecule has 108 valence electrons. The Kier molecular flexibility index (Phi) is 3.38. The minimum Gasteiger partial charge on any atom is -0.394 e. The Morgan fingerprint density at radius 2 is 2.15 bits per heavy atom. The number of anilines is 1. The van der Waals surface area contributed by atoms with E-state index in [1.165, 1.54) is 6.20 Å². The summed E-state index contributed by atoms with van der Waals surface area (Å²) in [7, 11) is 0. The van der Waals surface area contributed by atoms with Gasteiger partial charge in [-0.2, -0.15) is 5.10 Å². The molecule has 0 radical (unpaired) electrons. The number of nitrogens with two attached hydrogens (primary N) is 1. The van der Waals surface area contributed by atoms with Gasteiger partial charge in [0.05, 0.1) is 33.9 Å². The van der Waals surface area contributed by atoms with Crippen LogP contribution in [0.1, 0.15) is 11.8 Å². The summed E-state index contributed by atoms with van der Waals surface area (Å²) < 4.78 is 6.07. The first-order valence-electron chi connectivity index (χ1n) is 5.95. The molecule has 9 heteroatoms. The maximum atomic E-state index is 10.0. The van der Waals surface area contributed by atoms with Crippen molar-refractivity contribution in [2.75, 3.05) is 12.3 Å². The second kappa shape index (κ2) is 4.93. The zero-order valence-corrected chi connectivity index (χ0v) is 11.8. The number of hydrogen-bond acceptors (Lipinski definition) is 7. The average molecular weight is 345 g/mol. The van der Waals surface area contributed by atoms with Gasteiger partial charge < -0.3 is 30.8 Å². The lowest BCUT2D eigenvalue weighted by molar-refractivity contribution is -0.0239. The lowest BCUT2D eigenvalue weighted by Gasteiger charge is -2.13. The third-order valence-corrected chi connectivity index (χ3v) is 4.25. The summed E-state index contributed by atoms with van der Waals surface area (Å²) in [4.78, 5) is 3.04. The normalized spacial score (nSPS) is 30.2. The van der Waals surface area contributed by atoms with Crippen molar-refractivity contribution >= 4 is 32.7 Å².